The summed E-state index contributed by atoms with van der Waals surface area (Å²) >= 11 is 1.45. The molecule has 0 aliphatic carbocycles. The monoisotopic (exact) mass is 628 g/mol. The average molecular weight is 629 g/mol. The Hall–Kier alpha value is -4.10. The van der Waals surface area contributed by atoms with Crippen LogP contribution < -0.4 is 5.32 Å². The van der Waals surface area contributed by atoms with Gasteiger partial charge >= 0.3 is 0 Å². The van der Waals surface area contributed by atoms with Crippen molar-refractivity contribution >= 4 is 44.2 Å². The van der Waals surface area contributed by atoms with Gasteiger partial charge in [0, 0.05) is 28.9 Å². The van der Waals surface area contributed by atoms with Gasteiger partial charge in [0.25, 0.3) is 0 Å². The number of thiazole rings is 1. The molecule has 1 unspecified atom stereocenters. The van der Waals surface area contributed by atoms with Crippen LogP contribution in [0.5, 0.6) is 0 Å². The van der Waals surface area contributed by atoms with E-state index in [0.717, 1.165) is 23.2 Å². The zero-order valence-electron chi connectivity index (χ0n) is 23.4. The van der Waals surface area contributed by atoms with Crippen LogP contribution in [0.3, 0.4) is 0 Å². The smallest absolute Gasteiger partial charge is 0.223 e. The minimum atomic E-state index is -4.64. The lowest BCUT2D eigenvalue weighted by molar-refractivity contribution is -0.127. The lowest BCUT2D eigenvalue weighted by atomic mass is 9.85. The Bertz CT molecular complexity index is 1810. The maximum Gasteiger partial charge on any atom is 0.223 e. The molecule has 1 aliphatic heterocycles. The van der Waals surface area contributed by atoms with Crippen molar-refractivity contribution < 1.29 is 31.1 Å². The number of nitrogens with one attached hydrogen (secondary N) is 1. The van der Waals surface area contributed by atoms with Crippen LogP contribution in [0.2, 0.25) is 0 Å². The summed E-state index contributed by atoms with van der Waals surface area (Å²) in [5.74, 6) is -4.88. The molecule has 3 heterocycles. The van der Waals surface area contributed by atoms with Gasteiger partial charge < -0.3 is 10.1 Å². The van der Waals surface area contributed by atoms with Gasteiger partial charge in [-0.05, 0) is 37.5 Å². The summed E-state index contributed by atoms with van der Waals surface area (Å²) in [6.07, 6.45) is 3.44. The zero-order valence-corrected chi connectivity index (χ0v) is 25.0. The predicted octanol–water partition coefficient (Wildman–Crippen LogP) is 6.21. The van der Waals surface area contributed by atoms with Gasteiger partial charge in [0.05, 0.1) is 17.9 Å². The van der Waals surface area contributed by atoms with Gasteiger partial charge in [-0.25, -0.2) is 36.5 Å². The van der Waals surface area contributed by atoms with Crippen molar-refractivity contribution in [2.45, 2.75) is 50.0 Å². The summed E-state index contributed by atoms with van der Waals surface area (Å²) in [5.41, 5.74) is -1.86. The highest BCUT2D eigenvalue weighted by Gasteiger charge is 2.48. The van der Waals surface area contributed by atoms with E-state index in [0.29, 0.717) is 13.0 Å². The third kappa shape index (κ3) is 6.18. The molecule has 8 nitrogen and oxygen atoms in total. The van der Waals surface area contributed by atoms with E-state index in [1.54, 1.807) is 13.1 Å². The van der Waals surface area contributed by atoms with Gasteiger partial charge in [-0.15, -0.1) is 11.3 Å². The first-order valence-corrected chi connectivity index (χ1v) is 15.8. The second-order valence-electron chi connectivity index (χ2n) is 10.6. The molecule has 0 saturated carbocycles. The molecule has 0 radical (unpaired) electrons. The second-order valence-corrected chi connectivity index (χ2v) is 13.5. The van der Waals surface area contributed by atoms with Crippen molar-refractivity contribution in [1.82, 2.24) is 15.0 Å². The number of hydrogen-bond donors (Lipinski definition) is 1. The van der Waals surface area contributed by atoms with E-state index in [1.807, 2.05) is 19.2 Å². The standard InChI is InChI=1S/C30H27F3N4O4S2/c1-17(2)14-30(3)28(38)24(26(41-30)22-10-11-35-29(37-22)36-15-23-34-12-13-42-23)19-7-4-6-18(25(19)33)16-43(39,40)27-20(31)8-5-9-21(27)32/h4-13,17H,14-16H2,1-3H3,(H,35,36,37). The van der Waals surface area contributed by atoms with E-state index in [-0.39, 0.29) is 40.0 Å². The van der Waals surface area contributed by atoms with Crippen molar-refractivity contribution in [3.63, 3.8) is 0 Å². The molecule has 224 valence electrons. The number of ketones is 1. The number of rotatable bonds is 10. The molecule has 0 saturated heterocycles. The molecule has 2 aromatic carbocycles. The van der Waals surface area contributed by atoms with Crippen LogP contribution in [0.25, 0.3) is 11.3 Å². The van der Waals surface area contributed by atoms with Crippen LogP contribution in [0.1, 0.15) is 49.0 Å². The molecule has 2 aromatic heterocycles. The number of nitrogens with zero attached hydrogens (tertiary/aromatic N) is 3. The molecule has 0 bridgehead atoms. The predicted molar refractivity (Wildman–Crippen MR) is 156 cm³/mol. The molecule has 1 atom stereocenters. The minimum Gasteiger partial charge on any atom is -0.476 e. The number of aromatic nitrogens is 3. The van der Waals surface area contributed by atoms with Crippen LogP contribution in [-0.2, 0) is 31.7 Å². The molecule has 0 fully saturated rings. The number of ether oxygens (including phenoxy) is 1. The van der Waals surface area contributed by atoms with Crippen molar-refractivity contribution in [2.75, 3.05) is 5.32 Å². The summed E-state index contributed by atoms with van der Waals surface area (Å²) in [6, 6.07) is 8.07. The highest BCUT2D eigenvalue weighted by atomic mass is 32.2. The molecule has 0 amide bonds. The molecule has 13 heteroatoms. The fraction of sp³-hybridized carbons (Fsp3) is 0.267. The van der Waals surface area contributed by atoms with Crippen LogP contribution in [0, 0.1) is 23.4 Å². The summed E-state index contributed by atoms with van der Waals surface area (Å²) in [6.45, 7) is 5.79. The number of hydrogen-bond acceptors (Lipinski definition) is 9. The van der Waals surface area contributed by atoms with Crippen LogP contribution in [-0.4, -0.2) is 34.8 Å². The minimum absolute atomic E-state index is 0.00639. The van der Waals surface area contributed by atoms with E-state index in [4.69, 9.17) is 4.74 Å². The molecule has 43 heavy (non-hydrogen) atoms. The number of halogens is 3. The maximum absolute atomic E-state index is 16.2. The zero-order chi connectivity index (χ0) is 30.9. The Morgan fingerprint density at radius 3 is 2.42 bits per heavy atom. The highest BCUT2D eigenvalue weighted by Crippen LogP contribution is 2.44. The van der Waals surface area contributed by atoms with Crippen LogP contribution in [0.15, 0.2) is 65.1 Å². The maximum atomic E-state index is 16.2. The molecule has 1 aliphatic rings. The van der Waals surface area contributed by atoms with Gasteiger partial charge in [-0.3, -0.25) is 4.79 Å². The van der Waals surface area contributed by atoms with E-state index in [1.165, 1.54) is 41.8 Å². The normalized spacial score (nSPS) is 17.0. The molecular weight excluding hydrogens is 601 g/mol. The summed E-state index contributed by atoms with van der Waals surface area (Å²) in [7, 11) is -4.64. The van der Waals surface area contributed by atoms with Crippen molar-refractivity contribution in [1.29, 1.82) is 0 Å². The largest absolute Gasteiger partial charge is 0.476 e. The number of sulfone groups is 1. The Kier molecular flexibility index (Phi) is 8.39. The lowest BCUT2D eigenvalue weighted by Gasteiger charge is -2.25. The van der Waals surface area contributed by atoms with Crippen molar-refractivity contribution in [3.8, 4) is 0 Å². The van der Waals surface area contributed by atoms with Gasteiger partial charge in [0.1, 0.15) is 33.0 Å². The first-order chi connectivity index (χ1) is 20.4. The van der Waals surface area contributed by atoms with Crippen LogP contribution in [0.4, 0.5) is 19.1 Å². The summed E-state index contributed by atoms with van der Waals surface area (Å²) < 4.78 is 77.1. The van der Waals surface area contributed by atoms with E-state index >= 15 is 4.39 Å². The second kappa shape index (κ2) is 11.9. The van der Waals surface area contributed by atoms with E-state index < -0.39 is 49.3 Å². The molecule has 0 spiro atoms. The van der Waals surface area contributed by atoms with Gasteiger partial charge in [-0.1, -0.05) is 38.1 Å². The summed E-state index contributed by atoms with van der Waals surface area (Å²) in [4.78, 5) is 25.7. The third-order valence-electron chi connectivity index (χ3n) is 6.75. The Balaban J connectivity index is 1.58. The van der Waals surface area contributed by atoms with Crippen molar-refractivity contribution in [3.05, 3.63) is 99.5 Å². The third-order valence-corrected chi connectivity index (χ3v) is 9.24. The van der Waals surface area contributed by atoms with Gasteiger partial charge in [0.2, 0.25) is 11.7 Å². The van der Waals surface area contributed by atoms with Gasteiger partial charge in [0.15, 0.2) is 21.2 Å². The lowest BCUT2D eigenvalue weighted by Crippen LogP contribution is -2.35. The fourth-order valence-electron chi connectivity index (χ4n) is 5.03. The van der Waals surface area contributed by atoms with E-state index in [2.05, 4.69) is 20.3 Å². The Morgan fingerprint density at radius 2 is 1.74 bits per heavy atom. The number of anilines is 1. The number of carbonyl (C=O) groups excluding carboxylic acids is 1. The molecule has 4 aromatic rings. The highest BCUT2D eigenvalue weighted by molar-refractivity contribution is 7.90. The van der Waals surface area contributed by atoms with Gasteiger partial charge in [-0.2, -0.15) is 0 Å². The Morgan fingerprint density at radius 1 is 1.02 bits per heavy atom. The SMILES string of the molecule is CC(C)CC1(C)OC(c2ccnc(NCc3nccs3)n2)=C(c2cccc(CS(=O)(=O)c3c(F)cccc3F)c2F)C1=O. The summed E-state index contributed by atoms with van der Waals surface area (Å²) in [5, 5.41) is 5.69. The molecular formula is C30H27F3N4O4S2. The number of carbonyl (C=O) groups is 1. The molecule has 1 N–H and O–H groups in total. The Labute approximate surface area is 250 Å². The van der Waals surface area contributed by atoms with E-state index in [9.17, 15) is 22.0 Å². The van der Waals surface area contributed by atoms with Crippen molar-refractivity contribution in [2.24, 2.45) is 5.92 Å². The fourth-order valence-corrected chi connectivity index (χ4v) is 7.10. The first-order valence-electron chi connectivity index (χ1n) is 13.3. The quantitative estimate of drug-likeness (QED) is 0.221. The first kappa shape index (κ1) is 30.4. The number of Topliss-reactive ketones (excluding diaryl/α,β-unsaturated/α-hetero) is 1. The number of benzene rings is 2. The van der Waals surface area contributed by atoms with Crippen LogP contribution >= 0.6 is 11.3 Å². The average Bonchev–Trinajstić information content (AvgIpc) is 3.55. The molecule has 5 rings (SSSR count). The topological polar surface area (TPSA) is 111 Å².